The summed E-state index contributed by atoms with van der Waals surface area (Å²) in [4.78, 5) is 0. The van der Waals surface area contributed by atoms with Crippen LogP contribution in [0.25, 0.3) is 0 Å². The van der Waals surface area contributed by atoms with Crippen LogP contribution in [0.15, 0.2) is 22.7 Å². The third kappa shape index (κ3) is 3.32. The minimum atomic E-state index is 0.115. The number of methoxy groups -OCH3 is 1. The number of rotatable bonds is 6. The number of aryl methyl sites for hydroxylation is 1. The van der Waals surface area contributed by atoms with Crippen LogP contribution in [-0.2, 0) is 11.2 Å². The van der Waals surface area contributed by atoms with Crippen molar-refractivity contribution in [2.24, 2.45) is 0 Å². The molecule has 4 heteroatoms. The van der Waals surface area contributed by atoms with Gasteiger partial charge in [0.05, 0.1) is 6.61 Å². The van der Waals surface area contributed by atoms with Gasteiger partial charge in [-0.3, -0.25) is 0 Å². The zero-order valence-electron chi connectivity index (χ0n) is 10.7. The molecule has 0 fully saturated rings. The summed E-state index contributed by atoms with van der Waals surface area (Å²) in [6.07, 6.45) is 3.06. The smallest absolute Gasteiger partial charge is 0.0585 e. The first kappa shape index (κ1) is 14.0. The van der Waals surface area contributed by atoms with Gasteiger partial charge < -0.3 is 15.2 Å². The second kappa shape index (κ2) is 6.66. The Bertz CT molecular complexity index is 397. The topological polar surface area (TPSA) is 41.5 Å². The molecule has 1 aliphatic rings. The standard InChI is InChI=1S/C14H20BrNO2/c1-18-7-6-12(9-17)16-14-5-2-10-8-11(15)3-4-13(10)14/h3-4,8,12,14,16-17H,2,5-7,9H2,1H3. The zero-order valence-corrected chi connectivity index (χ0v) is 12.2. The van der Waals surface area contributed by atoms with Crippen LogP contribution in [0, 0.1) is 0 Å². The molecule has 0 bridgehead atoms. The van der Waals surface area contributed by atoms with Gasteiger partial charge in [-0.25, -0.2) is 0 Å². The number of hydrogen-bond donors (Lipinski definition) is 2. The predicted octanol–water partition coefficient (Wildman–Crippen LogP) is 2.42. The average molecular weight is 314 g/mol. The van der Waals surface area contributed by atoms with Crippen LogP contribution in [0.4, 0.5) is 0 Å². The Kier molecular flexibility index (Phi) is 5.18. The summed E-state index contributed by atoms with van der Waals surface area (Å²) >= 11 is 3.51. The predicted molar refractivity (Wildman–Crippen MR) is 75.7 cm³/mol. The molecule has 0 radical (unpaired) electrons. The quantitative estimate of drug-likeness (QED) is 0.847. The molecule has 3 nitrogen and oxygen atoms in total. The van der Waals surface area contributed by atoms with Crippen LogP contribution in [0.5, 0.6) is 0 Å². The number of hydrogen-bond acceptors (Lipinski definition) is 3. The lowest BCUT2D eigenvalue weighted by Gasteiger charge is -2.22. The van der Waals surface area contributed by atoms with Gasteiger partial charge in [-0.15, -0.1) is 0 Å². The summed E-state index contributed by atoms with van der Waals surface area (Å²) in [5.74, 6) is 0. The Morgan fingerprint density at radius 2 is 2.39 bits per heavy atom. The Hall–Kier alpha value is -0.420. The van der Waals surface area contributed by atoms with E-state index in [0.717, 1.165) is 23.7 Å². The first-order chi connectivity index (χ1) is 8.74. The van der Waals surface area contributed by atoms with Crippen LogP contribution in [0.1, 0.15) is 30.0 Å². The first-order valence-electron chi connectivity index (χ1n) is 6.38. The average Bonchev–Trinajstić information content (AvgIpc) is 2.76. The number of benzene rings is 1. The van der Waals surface area contributed by atoms with Crippen molar-refractivity contribution in [2.75, 3.05) is 20.3 Å². The van der Waals surface area contributed by atoms with E-state index in [1.54, 1.807) is 7.11 Å². The molecular formula is C14H20BrNO2. The molecule has 0 aliphatic heterocycles. The molecule has 18 heavy (non-hydrogen) atoms. The van der Waals surface area contributed by atoms with Crippen LogP contribution in [0.2, 0.25) is 0 Å². The molecule has 1 aromatic rings. The highest BCUT2D eigenvalue weighted by molar-refractivity contribution is 9.10. The molecule has 100 valence electrons. The van der Waals surface area contributed by atoms with Crippen molar-refractivity contribution in [3.63, 3.8) is 0 Å². The lowest BCUT2D eigenvalue weighted by Crippen LogP contribution is -2.35. The van der Waals surface area contributed by atoms with E-state index in [0.29, 0.717) is 12.6 Å². The SMILES string of the molecule is COCCC(CO)NC1CCc2cc(Br)ccc21. The van der Waals surface area contributed by atoms with Gasteiger partial charge in [0.25, 0.3) is 0 Å². The summed E-state index contributed by atoms with van der Waals surface area (Å²) < 4.78 is 6.21. The van der Waals surface area contributed by atoms with Crippen molar-refractivity contribution in [3.05, 3.63) is 33.8 Å². The number of halogens is 1. The summed E-state index contributed by atoms with van der Waals surface area (Å²) in [6.45, 7) is 0.837. The Labute approximate surface area is 117 Å². The summed E-state index contributed by atoms with van der Waals surface area (Å²) in [5.41, 5.74) is 2.78. The Balaban J connectivity index is 2.00. The first-order valence-corrected chi connectivity index (χ1v) is 7.18. The van der Waals surface area contributed by atoms with Crippen LogP contribution in [-0.4, -0.2) is 31.5 Å². The number of aliphatic hydroxyl groups excluding tert-OH is 1. The van der Waals surface area contributed by atoms with Crippen molar-refractivity contribution < 1.29 is 9.84 Å². The van der Waals surface area contributed by atoms with E-state index in [2.05, 4.69) is 39.4 Å². The largest absolute Gasteiger partial charge is 0.395 e. The molecule has 0 heterocycles. The maximum Gasteiger partial charge on any atom is 0.0585 e. The molecule has 1 aromatic carbocycles. The minimum absolute atomic E-state index is 0.115. The maximum atomic E-state index is 9.38. The van der Waals surface area contributed by atoms with Crippen molar-refractivity contribution in [3.8, 4) is 0 Å². The highest BCUT2D eigenvalue weighted by atomic mass is 79.9. The number of aliphatic hydroxyl groups is 1. The summed E-state index contributed by atoms with van der Waals surface area (Å²) in [7, 11) is 1.69. The van der Waals surface area contributed by atoms with E-state index in [1.807, 2.05) is 0 Å². The van der Waals surface area contributed by atoms with Crippen LogP contribution >= 0.6 is 15.9 Å². The number of nitrogens with one attached hydrogen (secondary N) is 1. The monoisotopic (exact) mass is 313 g/mol. The highest BCUT2D eigenvalue weighted by Gasteiger charge is 2.24. The van der Waals surface area contributed by atoms with E-state index in [1.165, 1.54) is 11.1 Å². The third-order valence-electron chi connectivity index (χ3n) is 3.51. The molecule has 0 saturated carbocycles. The summed E-state index contributed by atoms with van der Waals surface area (Å²) in [6, 6.07) is 6.93. The van der Waals surface area contributed by atoms with Gasteiger partial charge in [-0.2, -0.15) is 0 Å². The van der Waals surface area contributed by atoms with Gasteiger partial charge in [0, 0.05) is 30.3 Å². The fourth-order valence-electron chi connectivity index (χ4n) is 2.53. The Morgan fingerprint density at radius 3 is 3.11 bits per heavy atom. The molecule has 2 N–H and O–H groups in total. The van der Waals surface area contributed by atoms with Crippen molar-refractivity contribution in [1.29, 1.82) is 0 Å². The van der Waals surface area contributed by atoms with E-state index >= 15 is 0 Å². The van der Waals surface area contributed by atoms with E-state index in [4.69, 9.17) is 4.74 Å². The molecule has 0 spiro atoms. The molecule has 2 unspecified atom stereocenters. The van der Waals surface area contributed by atoms with Crippen LogP contribution in [0.3, 0.4) is 0 Å². The second-order valence-electron chi connectivity index (χ2n) is 4.76. The minimum Gasteiger partial charge on any atom is -0.395 e. The molecule has 0 aromatic heterocycles. The third-order valence-corrected chi connectivity index (χ3v) is 4.00. The van der Waals surface area contributed by atoms with Gasteiger partial charge >= 0.3 is 0 Å². The van der Waals surface area contributed by atoms with Crippen molar-refractivity contribution in [1.82, 2.24) is 5.32 Å². The Morgan fingerprint density at radius 1 is 1.56 bits per heavy atom. The highest BCUT2D eigenvalue weighted by Crippen LogP contribution is 2.33. The van der Waals surface area contributed by atoms with Gasteiger partial charge in [0.1, 0.15) is 0 Å². The zero-order chi connectivity index (χ0) is 13.0. The lowest BCUT2D eigenvalue weighted by atomic mass is 10.1. The van der Waals surface area contributed by atoms with E-state index < -0.39 is 0 Å². The summed E-state index contributed by atoms with van der Waals surface area (Å²) in [5, 5.41) is 12.9. The molecule has 2 rings (SSSR count). The second-order valence-corrected chi connectivity index (χ2v) is 5.68. The fraction of sp³-hybridized carbons (Fsp3) is 0.571. The van der Waals surface area contributed by atoms with Crippen molar-refractivity contribution in [2.45, 2.75) is 31.3 Å². The molecular weight excluding hydrogens is 294 g/mol. The van der Waals surface area contributed by atoms with Crippen LogP contribution < -0.4 is 5.32 Å². The van der Waals surface area contributed by atoms with E-state index in [-0.39, 0.29) is 12.6 Å². The molecule has 0 saturated heterocycles. The number of fused-ring (bicyclic) bond motifs is 1. The normalized spacial score (nSPS) is 19.8. The molecule has 2 atom stereocenters. The fourth-order valence-corrected chi connectivity index (χ4v) is 2.94. The van der Waals surface area contributed by atoms with Gasteiger partial charge in [-0.05, 0) is 42.5 Å². The molecule has 1 aliphatic carbocycles. The lowest BCUT2D eigenvalue weighted by molar-refractivity contribution is 0.154. The molecule has 0 amide bonds. The maximum absolute atomic E-state index is 9.38. The van der Waals surface area contributed by atoms with Gasteiger partial charge in [0.15, 0.2) is 0 Å². The van der Waals surface area contributed by atoms with Gasteiger partial charge in [-0.1, -0.05) is 22.0 Å². The van der Waals surface area contributed by atoms with Gasteiger partial charge in [0.2, 0.25) is 0 Å². The van der Waals surface area contributed by atoms with Crippen molar-refractivity contribution >= 4 is 15.9 Å². The number of ether oxygens (including phenoxy) is 1. The van der Waals surface area contributed by atoms with E-state index in [9.17, 15) is 5.11 Å².